The second kappa shape index (κ2) is 9.27. The van der Waals surface area contributed by atoms with Crippen molar-refractivity contribution in [2.45, 2.75) is 51.3 Å². The largest absolute Gasteiger partial charge is 0.466 e. The molecule has 0 aromatic heterocycles. The molecule has 0 aliphatic carbocycles. The van der Waals surface area contributed by atoms with Gasteiger partial charge in [-0.15, -0.1) is 0 Å². The van der Waals surface area contributed by atoms with Crippen LogP contribution in [0.15, 0.2) is 30.3 Å². The Bertz CT molecular complexity index is 535. The molecule has 0 unspecified atom stereocenters. The molecule has 0 saturated carbocycles. The summed E-state index contributed by atoms with van der Waals surface area (Å²) in [5.74, 6) is -0.326. The number of carbonyl (C=O) groups is 2. The lowest BCUT2D eigenvalue weighted by molar-refractivity contribution is -0.143. The molecule has 1 aliphatic rings. The van der Waals surface area contributed by atoms with Crippen molar-refractivity contribution in [1.82, 2.24) is 4.90 Å². The van der Waals surface area contributed by atoms with Crippen LogP contribution in [0, 0.1) is 0 Å². The van der Waals surface area contributed by atoms with E-state index in [2.05, 4.69) is 0 Å². The molecule has 1 amide bonds. The van der Waals surface area contributed by atoms with Gasteiger partial charge in [-0.25, -0.2) is 4.79 Å². The van der Waals surface area contributed by atoms with Gasteiger partial charge in [0.25, 0.3) is 0 Å². The molecule has 2 rings (SSSR count). The van der Waals surface area contributed by atoms with Gasteiger partial charge in [-0.1, -0.05) is 30.3 Å². The number of hydrogen-bond acceptors (Lipinski definition) is 5. The van der Waals surface area contributed by atoms with E-state index in [9.17, 15) is 9.59 Å². The number of esters is 1. The number of piperidine rings is 1. The number of nitrogens with two attached hydrogens (primary N) is 1. The Kier molecular flexibility index (Phi) is 7.06. The maximum atomic E-state index is 12.4. The quantitative estimate of drug-likeness (QED) is 0.808. The van der Waals surface area contributed by atoms with Gasteiger partial charge in [0.15, 0.2) is 0 Å². The van der Waals surface area contributed by atoms with Gasteiger partial charge in [0.05, 0.1) is 19.1 Å². The normalized spacial score (nSPS) is 18.8. The number of ether oxygens (including phenoxy) is 2. The van der Waals surface area contributed by atoms with Gasteiger partial charge in [-0.05, 0) is 31.7 Å². The summed E-state index contributed by atoms with van der Waals surface area (Å²) in [5.41, 5.74) is 7.10. The summed E-state index contributed by atoms with van der Waals surface area (Å²) in [7, 11) is 0. The van der Waals surface area contributed by atoms with E-state index in [1.54, 1.807) is 11.8 Å². The predicted molar refractivity (Wildman–Crippen MR) is 90.2 cm³/mol. The third kappa shape index (κ3) is 5.23. The summed E-state index contributed by atoms with van der Waals surface area (Å²) in [5, 5.41) is 0. The van der Waals surface area contributed by atoms with Crippen molar-refractivity contribution in [3.05, 3.63) is 35.9 Å². The predicted octanol–water partition coefficient (Wildman–Crippen LogP) is 2.46. The molecule has 1 heterocycles. The van der Waals surface area contributed by atoms with E-state index in [1.165, 1.54) is 0 Å². The first-order chi connectivity index (χ1) is 11.6. The van der Waals surface area contributed by atoms with Crippen LogP contribution in [0.2, 0.25) is 0 Å². The van der Waals surface area contributed by atoms with Crippen molar-refractivity contribution in [2.24, 2.45) is 5.73 Å². The second-order valence-electron chi connectivity index (χ2n) is 5.97. The molecule has 2 atom stereocenters. The minimum atomic E-state index is -0.436. The summed E-state index contributed by atoms with van der Waals surface area (Å²) < 4.78 is 10.4. The first-order valence-corrected chi connectivity index (χ1v) is 8.50. The SMILES string of the molecule is CCOC(=O)C[C@H](N)[C@@H]1CCCCN1C(=O)OCc1ccccc1. The highest BCUT2D eigenvalue weighted by Crippen LogP contribution is 2.22. The van der Waals surface area contributed by atoms with Crippen LogP contribution in [-0.4, -0.2) is 42.2 Å². The first kappa shape index (κ1) is 18.3. The van der Waals surface area contributed by atoms with Crippen molar-refractivity contribution >= 4 is 12.1 Å². The Balaban J connectivity index is 1.92. The van der Waals surface area contributed by atoms with E-state index in [4.69, 9.17) is 15.2 Å². The molecular weight excluding hydrogens is 308 g/mol. The number of hydrogen-bond donors (Lipinski definition) is 1. The van der Waals surface area contributed by atoms with E-state index in [0.717, 1.165) is 24.8 Å². The Morgan fingerprint density at radius 1 is 1.25 bits per heavy atom. The molecule has 6 nitrogen and oxygen atoms in total. The fourth-order valence-corrected chi connectivity index (χ4v) is 2.98. The van der Waals surface area contributed by atoms with E-state index in [-0.39, 0.29) is 31.1 Å². The average Bonchev–Trinajstić information content (AvgIpc) is 2.60. The summed E-state index contributed by atoms with van der Waals surface area (Å²) in [6.45, 7) is 2.93. The molecule has 132 valence electrons. The zero-order valence-corrected chi connectivity index (χ0v) is 14.1. The Hall–Kier alpha value is -2.08. The number of amides is 1. The Labute approximate surface area is 142 Å². The number of nitrogens with zero attached hydrogens (tertiary/aromatic N) is 1. The smallest absolute Gasteiger partial charge is 0.410 e. The van der Waals surface area contributed by atoms with Crippen LogP contribution in [0.25, 0.3) is 0 Å². The molecule has 24 heavy (non-hydrogen) atoms. The lowest BCUT2D eigenvalue weighted by Crippen LogP contribution is -2.53. The van der Waals surface area contributed by atoms with Crippen molar-refractivity contribution < 1.29 is 19.1 Å². The minimum Gasteiger partial charge on any atom is -0.466 e. The van der Waals surface area contributed by atoms with Gasteiger partial charge in [-0.2, -0.15) is 0 Å². The van der Waals surface area contributed by atoms with Gasteiger partial charge in [-0.3, -0.25) is 4.79 Å². The lowest BCUT2D eigenvalue weighted by Gasteiger charge is -2.38. The van der Waals surface area contributed by atoms with Crippen LogP contribution in [-0.2, 0) is 20.9 Å². The van der Waals surface area contributed by atoms with Crippen molar-refractivity contribution in [3.63, 3.8) is 0 Å². The molecule has 0 radical (unpaired) electrons. The molecule has 0 spiro atoms. The van der Waals surface area contributed by atoms with Crippen LogP contribution in [0.4, 0.5) is 4.79 Å². The van der Waals surface area contributed by atoms with Crippen LogP contribution < -0.4 is 5.73 Å². The first-order valence-electron chi connectivity index (χ1n) is 8.50. The van der Waals surface area contributed by atoms with Gasteiger partial charge < -0.3 is 20.1 Å². The maximum Gasteiger partial charge on any atom is 0.410 e. The summed E-state index contributed by atoms with van der Waals surface area (Å²) in [4.78, 5) is 25.7. The van der Waals surface area contributed by atoms with Crippen LogP contribution in [0.1, 0.15) is 38.2 Å². The third-order valence-corrected chi connectivity index (χ3v) is 4.19. The Morgan fingerprint density at radius 2 is 2.00 bits per heavy atom. The van der Waals surface area contributed by atoms with Crippen LogP contribution >= 0.6 is 0 Å². The van der Waals surface area contributed by atoms with Crippen molar-refractivity contribution in [3.8, 4) is 0 Å². The number of benzene rings is 1. The maximum absolute atomic E-state index is 12.4. The number of carbonyl (C=O) groups excluding carboxylic acids is 2. The number of likely N-dealkylation sites (tertiary alicyclic amines) is 1. The van der Waals surface area contributed by atoms with Gasteiger partial charge in [0, 0.05) is 12.6 Å². The molecule has 1 fully saturated rings. The molecule has 2 N–H and O–H groups in total. The monoisotopic (exact) mass is 334 g/mol. The second-order valence-corrected chi connectivity index (χ2v) is 5.97. The van der Waals surface area contributed by atoms with E-state index < -0.39 is 6.04 Å². The summed E-state index contributed by atoms with van der Waals surface area (Å²) in [6.07, 6.45) is 2.43. The highest BCUT2D eigenvalue weighted by molar-refractivity contribution is 5.71. The minimum absolute atomic E-state index is 0.112. The molecule has 1 aromatic carbocycles. The highest BCUT2D eigenvalue weighted by atomic mass is 16.6. The lowest BCUT2D eigenvalue weighted by atomic mass is 9.94. The van der Waals surface area contributed by atoms with Crippen LogP contribution in [0.3, 0.4) is 0 Å². The topological polar surface area (TPSA) is 81.9 Å². The van der Waals surface area contributed by atoms with Crippen LogP contribution in [0.5, 0.6) is 0 Å². The number of rotatable bonds is 6. The molecular formula is C18H26N2O4. The molecule has 1 saturated heterocycles. The fourth-order valence-electron chi connectivity index (χ4n) is 2.98. The molecule has 1 aliphatic heterocycles. The van der Waals surface area contributed by atoms with Gasteiger partial charge in [0.2, 0.25) is 0 Å². The highest BCUT2D eigenvalue weighted by Gasteiger charge is 2.33. The fraction of sp³-hybridized carbons (Fsp3) is 0.556. The molecule has 1 aromatic rings. The Morgan fingerprint density at radius 3 is 2.71 bits per heavy atom. The summed E-state index contributed by atoms with van der Waals surface area (Å²) >= 11 is 0. The van der Waals surface area contributed by atoms with Crippen molar-refractivity contribution in [2.75, 3.05) is 13.2 Å². The third-order valence-electron chi connectivity index (χ3n) is 4.19. The summed E-state index contributed by atoms with van der Waals surface area (Å²) in [6, 6.07) is 8.92. The molecule has 6 heteroatoms. The zero-order chi connectivity index (χ0) is 17.4. The molecule has 0 bridgehead atoms. The van der Waals surface area contributed by atoms with E-state index in [1.807, 2.05) is 30.3 Å². The average molecular weight is 334 g/mol. The van der Waals surface area contributed by atoms with Gasteiger partial charge in [0.1, 0.15) is 6.61 Å². The standard InChI is InChI=1S/C18H26N2O4/c1-2-23-17(21)12-15(19)16-10-6-7-11-20(16)18(22)24-13-14-8-4-3-5-9-14/h3-5,8-9,15-16H,2,6-7,10-13,19H2,1H3/t15-,16-/m0/s1. The van der Waals surface area contributed by atoms with Gasteiger partial charge >= 0.3 is 12.1 Å². The zero-order valence-electron chi connectivity index (χ0n) is 14.1. The van der Waals surface area contributed by atoms with E-state index >= 15 is 0 Å². The van der Waals surface area contributed by atoms with Crippen molar-refractivity contribution in [1.29, 1.82) is 0 Å². The van der Waals surface area contributed by atoms with E-state index in [0.29, 0.717) is 13.2 Å².